The van der Waals surface area contributed by atoms with Crippen LogP contribution in [0.1, 0.15) is 29.8 Å². The van der Waals surface area contributed by atoms with Crippen molar-refractivity contribution in [1.29, 1.82) is 0 Å². The zero-order valence-corrected chi connectivity index (χ0v) is 19.4. The third-order valence-corrected chi connectivity index (χ3v) is 6.80. The van der Waals surface area contributed by atoms with Gasteiger partial charge in [-0.3, -0.25) is 0 Å². The summed E-state index contributed by atoms with van der Waals surface area (Å²) in [5, 5.41) is 9.08. The number of hydrogen-bond donors (Lipinski definition) is 2. The van der Waals surface area contributed by atoms with Crippen molar-refractivity contribution >= 4 is 22.3 Å². The minimum absolute atomic E-state index is 0.792. The van der Waals surface area contributed by atoms with Crippen LogP contribution in [0.2, 0.25) is 0 Å². The Balaban J connectivity index is 1.30. The summed E-state index contributed by atoms with van der Waals surface area (Å²) in [6.07, 6.45) is 7.53. The van der Waals surface area contributed by atoms with Gasteiger partial charge in [0.15, 0.2) is 0 Å². The third kappa shape index (κ3) is 4.69. The summed E-state index contributed by atoms with van der Waals surface area (Å²) in [4.78, 5) is 9.02. The average Bonchev–Trinajstić information content (AvgIpc) is 3.18. The van der Waals surface area contributed by atoms with E-state index in [2.05, 4.69) is 80.3 Å². The van der Waals surface area contributed by atoms with Gasteiger partial charge in [0.2, 0.25) is 0 Å². The van der Waals surface area contributed by atoms with Crippen molar-refractivity contribution in [2.24, 2.45) is 13.0 Å². The quantitative estimate of drug-likeness (QED) is 0.414. The fourth-order valence-electron chi connectivity index (χ4n) is 4.63. The molecule has 0 saturated carbocycles. The lowest BCUT2D eigenvalue weighted by Gasteiger charge is -2.22. The van der Waals surface area contributed by atoms with Crippen LogP contribution in [0, 0.1) is 12.8 Å². The maximum atomic E-state index is 4.60. The van der Waals surface area contributed by atoms with Crippen molar-refractivity contribution in [1.82, 2.24) is 19.9 Å². The van der Waals surface area contributed by atoms with Crippen molar-refractivity contribution < 1.29 is 0 Å². The zero-order chi connectivity index (χ0) is 22.8. The summed E-state index contributed by atoms with van der Waals surface area (Å²) >= 11 is 0. The number of benzene rings is 2. The number of rotatable bonds is 6. The predicted molar refractivity (Wildman–Crippen MR) is 137 cm³/mol. The van der Waals surface area contributed by atoms with Crippen molar-refractivity contribution in [3.63, 3.8) is 0 Å². The summed E-state index contributed by atoms with van der Waals surface area (Å²) in [7, 11) is 2.04. The Morgan fingerprint density at radius 1 is 1.03 bits per heavy atom. The lowest BCUT2D eigenvalue weighted by Crippen LogP contribution is -2.28. The second-order valence-electron chi connectivity index (χ2n) is 9.08. The van der Waals surface area contributed by atoms with Crippen LogP contribution in [0.3, 0.4) is 0 Å². The molecule has 0 bridgehead atoms. The number of piperidine rings is 1. The third-order valence-electron chi connectivity index (χ3n) is 6.80. The second-order valence-corrected chi connectivity index (χ2v) is 9.08. The molecule has 0 unspecified atom stereocenters. The molecule has 1 aliphatic heterocycles. The molecule has 33 heavy (non-hydrogen) atoms. The van der Waals surface area contributed by atoms with Crippen LogP contribution in [0.25, 0.3) is 27.7 Å². The SMILES string of the molecule is C=C(Nc1cc2cc(-c3cnc(C)n3C)ccc2cn1)c1ccc(CC2CCNCC2)cc1. The van der Waals surface area contributed by atoms with Gasteiger partial charge in [-0.25, -0.2) is 9.97 Å². The van der Waals surface area contributed by atoms with Gasteiger partial charge >= 0.3 is 0 Å². The molecule has 5 nitrogen and oxygen atoms in total. The maximum Gasteiger partial charge on any atom is 0.130 e. The molecule has 2 N–H and O–H groups in total. The van der Waals surface area contributed by atoms with E-state index in [-0.39, 0.29) is 0 Å². The highest BCUT2D eigenvalue weighted by atomic mass is 15.0. The molecule has 3 heterocycles. The summed E-state index contributed by atoms with van der Waals surface area (Å²) in [6.45, 7) is 8.56. The van der Waals surface area contributed by atoms with Gasteiger partial charge in [0.1, 0.15) is 11.6 Å². The molecule has 1 aliphatic rings. The zero-order valence-electron chi connectivity index (χ0n) is 19.4. The number of aryl methyl sites for hydroxylation is 1. The van der Waals surface area contributed by atoms with Crippen LogP contribution in [0.4, 0.5) is 5.82 Å². The van der Waals surface area contributed by atoms with Crippen LogP contribution >= 0.6 is 0 Å². The Labute approximate surface area is 195 Å². The van der Waals surface area contributed by atoms with E-state index in [1.54, 1.807) is 0 Å². The molecule has 0 spiro atoms. The summed E-state index contributed by atoms with van der Waals surface area (Å²) in [5.41, 5.74) is 5.60. The first kappa shape index (κ1) is 21.4. The summed E-state index contributed by atoms with van der Waals surface area (Å²) < 4.78 is 2.11. The normalized spacial score (nSPS) is 14.5. The number of pyridine rings is 1. The van der Waals surface area contributed by atoms with Gasteiger partial charge in [0.25, 0.3) is 0 Å². The van der Waals surface area contributed by atoms with Crippen molar-refractivity contribution in [3.05, 3.63) is 84.5 Å². The van der Waals surface area contributed by atoms with E-state index >= 15 is 0 Å². The van der Waals surface area contributed by atoms with Gasteiger partial charge in [-0.15, -0.1) is 0 Å². The molecule has 2 aromatic carbocycles. The number of aromatic nitrogens is 3. The first-order valence-corrected chi connectivity index (χ1v) is 11.7. The Hall–Kier alpha value is -3.44. The second kappa shape index (κ2) is 9.20. The van der Waals surface area contributed by atoms with Crippen molar-refractivity contribution in [2.75, 3.05) is 18.4 Å². The fourth-order valence-corrected chi connectivity index (χ4v) is 4.63. The molecule has 5 heteroatoms. The fraction of sp³-hybridized carbons (Fsp3) is 0.286. The minimum Gasteiger partial charge on any atom is -0.340 e. The highest BCUT2D eigenvalue weighted by Crippen LogP contribution is 2.27. The first-order valence-electron chi connectivity index (χ1n) is 11.7. The van der Waals surface area contributed by atoms with Gasteiger partial charge in [-0.1, -0.05) is 43.0 Å². The predicted octanol–water partition coefficient (Wildman–Crippen LogP) is 5.57. The van der Waals surface area contributed by atoms with E-state index in [1.807, 2.05) is 26.4 Å². The molecule has 4 aromatic rings. The average molecular weight is 438 g/mol. The number of hydrogen-bond acceptors (Lipinski definition) is 4. The maximum absolute atomic E-state index is 4.60. The van der Waals surface area contributed by atoms with Crippen LogP contribution in [0.5, 0.6) is 0 Å². The largest absolute Gasteiger partial charge is 0.340 e. The Kier molecular flexibility index (Phi) is 5.97. The standard InChI is InChI=1S/C28H31N5/c1-19(23-6-4-21(5-7-23)14-22-10-12-29-13-11-22)32-28-16-26-15-24(8-9-25(26)17-31-28)27-18-30-20(2)33(27)3/h4-9,15-18,22,29H,1,10-14H2,2-3H3,(H,31,32). The number of imidazole rings is 1. The van der Waals surface area contributed by atoms with Gasteiger partial charge < -0.3 is 15.2 Å². The number of anilines is 1. The molecular formula is C28H31N5. The summed E-state index contributed by atoms with van der Waals surface area (Å²) in [5.74, 6) is 2.59. The van der Waals surface area contributed by atoms with Crippen LogP contribution in [-0.4, -0.2) is 27.6 Å². The molecule has 2 aromatic heterocycles. The van der Waals surface area contributed by atoms with E-state index in [4.69, 9.17) is 0 Å². The monoisotopic (exact) mass is 437 g/mol. The smallest absolute Gasteiger partial charge is 0.130 e. The molecule has 1 saturated heterocycles. The van der Waals surface area contributed by atoms with Crippen molar-refractivity contribution in [2.45, 2.75) is 26.2 Å². The van der Waals surface area contributed by atoms with E-state index in [0.717, 1.165) is 70.4 Å². The van der Waals surface area contributed by atoms with Gasteiger partial charge in [0, 0.05) is 29.9 Å². The lowest BCUT2D eigenvalue weighted by atomic mass is 9.90. The van der Waals surface area contributed by atoms with E-state index in [1.165, 1.54) is 18.4 Å². The number of fused-ring (bicyclic) bond motifs is 1. The topological polar surface area (TPSA) is 54.8 Å². The minimum atomic E-state index is 0.792. The van der Waals surface area contributed by atoms with Crippen LogP contribution < -0.4 is 10.6 Å². The molecule has 168 valence electrons. The van der Waals surface area contributed by atoms with Gasteiger partial charge in [0.05, 0.1) is 11.9 Å². The number of nitrogens with zero attached hydrogens (tertiary/aromatic N) is 3. The lowest BCUT2D eigenvalue weighted by molar-refractivity contribution is 0.372. The highest BCUT2D eigenvalue weighted by molar-refractivity contribution is 5.89. The molecule has 0 amide bonds. The molecule has 0 atom stereocenters. The number of nitrogens with one attached hydrogen (secondary N) is 2. The Morgan fingerprint density at radius 3 is 2.55 bits per heavy atom. The van der Waals surface area contributed by atoms with E-state index < -0.39 is 0 Å². The Bertz CT molecular complexity index is 1280. The molecule has 5 rings (SSSR count). The molecule has 1 fully saturated rings. The van der Waals surface area contributed by atoms with Crippen molar-refractivity contribution in [3.8, 4) is 11.3 Å². The van der Waals surface area contributed by atoms with E-state index in [9.17, 15) is 0 Å². The van der Waals surface area contributed by atoms with E-state index in [0.29, 0.717) is 0 Å². The first-order chi connectivity index (χ1) is 16.1. The Morgan fingerprint density at radius 2 is 1.82 bits per heavy atom. The highest BCUT2D eigenvalue weighted by Gasteiger charge is 2.13. The molecular weight excluding hydrogens is 406 g/mol. The van der Waals surface area contributed by atoms with Gasteiger partial charge in [-0.05, 0) is 73.8 Å². The molecule has 0 radical (unpaired) electrons. The summed E-state index contributed by atoms with van der Waals surface area (Å²) in [6, 6.07) is 17.3. The molecule has 0 aliphatic carbocycles. The van der Waals surface area contributed by atoms with Crippen LogP contribution in [-0.2, 0) is 13.5 Å². The van der Waals surface area contributed by atoms with Gasteiger partial charge in [-0.2, -0.15) is 0 Å². The van der Waals surface area contributed by atoms with Crippen LogP contribution in [0.15, 0.2) is 67.5 Å².